The molecule has 0 saturated carbocycles. The van der Waals surface area contributed by atoms with E-state index < -0.39 is 0 Å². The van der Waals surface area contributed by atoms with Crippen LogP contribution in [0, 0.1) is 0 Å². The number of hydrogen-bond donors (Lipinski definition) is 1. The standard InChI is InChI=1S/C21H18N2O2/c24-20(16-9-5-2-6-10-16)17-13-22-18-11-12-23(21(25)19(17)18)14-15-7-3-1-4-8-15/h1-10,13,22H,11-12,14H2. The predicted octanol–water partition coefficient (Wildman–Crippen LogP) is 3.44. The molecule has 0 bridgehead atoms. The molecular formula is C21H18N2O2. The fraction of sp³-hybridized carbons (Fsp3) is 0.143. The monoisotopic (exact) mass is 330 g/mol. The molecule has 0 unspecified atom stereocenters. The van der Waals surface area contributed by atoms with Crippen LogP contribution in [0.5, 0.6) is 0 Å². The number of carbonyl (C=O) groups excluding carboxylic acids is 2. The van der Waals surface area contributed by atoms with Gasteiger partial charge in [0.05, 0.1) is 11.1 Å². The van der Waals surface area contributed by atoms with E-state index in [4.69, 9.17) is 0 Å². The minimum atomic E-state index is -0.118. The molecule has 4 heteroatoms. The van der Waals surface area contributed by atoms with Crippen LogP contribution in [0.3, 0.4) is 0 Å². The molecule has 124 valence electrons. The maximum absolute atomic E-state index is 13.0. The highest BCUT2D eigenvalue weighted by Crippen LogP contribution is 2.25. The first-order valence-electron chi connectivity index (χ1n) is 8.37. The van der Waals surface area contributed by atoms with Gasteiger partial charge in [-0.1, -0.05) is 60.7 Å². The van der Waals surface area contributed by atoms with E-state index in [0.29, 0.717) is 29.8 Å². The second-order valence-electron chi connectivity index (χ2n) is 6.21. The van der Waals surface area contributed by atoms with Crippen LogP contribution in [-0.2, 0) is 13.0 Å². The van der Waals surface area contributed by atoms with E-state index in [1.165, 1.54) is 0 Å². The van der Waals surface area contributed by atoms with Gasteiger partial charge >= 0.3 is 0 Å². The van der Waals surface area contributed by atoms with Gasteiger partial charge in [0.15, 0.2) is 5.78 Å². The van der Waals surface area contributed by atoms with Crippen molar-refractivity contribution in [3.05, 3.63) is 94.8 Å². The lowest BCUT2D eigenvalue weighted by Gasteiger charge is -2.27. The highest BCUT2D eigenvalue weighted by Gasteiger charge is 2.31. The Labute approximate surface area is 146 Å². The molecule has 0 atom stereocenters. The van der Waals surface area contributed by atoms with Crippen molar-refractivity contribution in [2.45, 2.75) is 13.0 Å². The molecule has 2 heterocycles. The van der Waals surface area contributed by atoms with Gasteiger partial charge in [0.2, 0.25) is 0 Å². The molecule has 1 aromatic heterocycles. The van der Waals surface area contributed by atoms with Crippen molar-refractivity contribution in [1.29, 1.82) is 0 Å². The van der Waals surface area contributed by atoms with Gasteiger partial charge in [-0.25, -0.2) is 0 Å². The normalized spacial score (nSPS) is 13.6. The number of rotatable bonds is 4. The topological polar surface area (TPSA) is 53.2 Å². The molecule has 0 saturated heterocycles. The highest BCUT2D eigenvalue weighted by atomic mass is 16.2. The lowest BCUT2D eigenvalue weighted by molar-refractivity contribution is 0.0722. The number of nitrogens with zero attached hydrogens (tertiary/aromatic N) is 1. The first kappa shape index (κ1) is 15.4. The fourth-order valence-electron chi connectivity index (χ4n) is 3.29. The van der Waals surface area contributed by atoms with Gasteiger partial charge in [-0.2, -0.15) is 0 Å². The molecule has 3 aromatic rings. The number of fused-ring (bicyclic) bond motifs is 1. The third-order valence-corrected chi connectivity index (χ3v) is 4.59. The number of nitrogens with one attached hydrogen (secondary N) is 1. The summed E-state index contributed by atoms with van der Waals surface area (Å²) in [6.07, 6.45) is 2.40. The highest BCUT2D eigenvalue weighted by molar-refractivity contribution is 6.16. The number of ketones is 1. The van der Waals surface area contributed by atoms with E-state index in [0.717, 1.165) is 17.7 Å². The summed E-state index contributed by atoms with van der Waals surface area (Å²) in [5, 5.41) is 0. The second kappa shape index (κ2) is 6.40. The summed E-state index contributed by atoms with van der Waals surface area (Å²) >= 11 is 0. The van der Waals surface area contributed by atoms with Gasteiger partial charge in [-0.05, 0) is 5.56 Å². The van der Waals surface area contributed by atoms with Gasteiger partial charge in [-0.3, -0.25) is 9.59 Å². The van der Waals surface area contributed by atoms with Crippen molar-refractivity contribution in [2.24, 2.45) is 0 Å². The van der Waals surface area contributed by atoms with Gasteiger partial charge < -0.3 is 9.88 Å². The van der Waals surface area contributed by atoms with E-state index in [1.807, 2.05) is 53.4 Å². The summed E-state index contributed by atoms with van der Waals surface area (Å²) in [5.41, 5.74) is 3.52. The summed E-state index contributed by atoms with van der Waals surface area (Å²) in [5.74, 6) is -0.196. The Balaban J connectivity index is 1.64. The molecule has 4 nitrogen and oxygen atoms in total. The quantitative estimate of drug-likeness (QED) is 0.745. The molecule has 4 rings (SSSR count). The van der Waals surface area contributed by atoms with E-state index in [1.54, 1.807) is 18.3 Å². The molecule has 0 radical (unpaired) electrons. The van der Waals surface area contributed by atoms with Crippen molar-refractivity contribution in [1.82, 2.24) is 9.88 Å². The first-order chi connectivity index (χ1) is 12.2. The van der Waals surface area contributed by atoms with Crippen LogP contribution < -0.4 is 0 Å². The number of hydrogen-bond acceptors (Lipinski definition) is 2. The molecule has 1 N–H and O–H groups in total. The Morgan fingerprint density at radius 2 is 1.68 bits per heavy atom. The molecule has 0 spiro atoms. The molecule has 2 aromatic carbocycles. The van der Waals surface area contributed by atoms with Crippen molar-refractivity contribution in [2.75, 3.05) is 6.54 Å². The molecular weight excluding hydrogens is 312 g/mol. The van der Waals surface area contributed by atoms with Gasteiger partial charge in [-0.15, -0.1) is 0 Å². The predicted molar refractivity (Wildman–Crippen MR) is 95.6 cm³/mol. The van der Waals surface area contributed by atoms with Gasteiger partial charge in [0.1, 0.15) is 0 Å². The van der Waals surface area contributed by atoms with Crippen molar-refractivity contribution in [3.8, 4) is 0 Å². The summed E-state index contributed by atoms with van der Waals surface area (Å²) in [7, 11) is 0. The van der Waals surface area contributed by atoms with Crippen LogP contribution in [0.1, 0.15) is 37.5 Å². The zero-order valence-electron chi connectivity index (χ0n) is 13.7. The molecule has 1 aliphatic heterocycles. The Bertz CT molecular complexity index is 914. The molecule has 1 amide bonds. The maximum atomic E-state index is 13.0. The molecule has 0 aliphatic carbocycles. The molecule has 25 heavy (non-hydrogen) atoms. The van der Waals surface area contributed by atoms with E-state index in [9.17, 15) is 9.59 Å². The number of aromatic nitrogens is 1. The first-order valence-corrected chi connectivity index (χ1v) is 8.37. The van der Waals surface area contributed by atoms with Crippen molar-refractivity contribution >= 4 is 11.7 Å². The average molecular weight is 330 g/mol. The third-order valence-electron chi connectivity index (χ3n) is 4.59. The van der Waals surface area contributed by atoms with Crippen LogP contribution >= 0.6 is 0 Å². The molecule has 0 fully saturated rings. The smallest absolute Gasteiger partial charge is 0.256 e. The number of amides is 1. The largest absolute Gasteiger partial charge is 0.364 e. The second-order valence-corrected chi connectivity index (χ2v) is 6.21. The van der Waals surface area contributed by atoms with Crippen LogP contribution in [0.15, 0.2) is 66.9 Å². The van der Waals surface area contributed by atoms with Crippen LogP contribution in [0.4, 0.5) is 0 Å². The van der Waals surface area contributed by atoms with E-state index in [2.05, 4.69) is 4.98 Å². The summed E-state index contributed by atoms with van der Waals surface area (Å²) in [4.78, 5) is 30.7. The Morgan fingerprint density at radius 3 is 2.40 bits per heavy atom. The van der Waals surface area contributed by atoms with Crippen molar-refractivity contribution < 1.29 is 9.59 Å². The lowest BCUT2D eigenvalue weighted by atomic mass is 9.97. The van der Waals surface area contributed by atoms with Crippen molar-refractivity contribution in [3.63, 3.8) is 0 Å². The summed E-state index contributed by atoms with van der Waals surface area (Å²) < 4.78 is 0. The van der Waals surface area contributed by atoms with Crippen LogP contribution in [0.2, 0.25) is 0 Å². The summed E-state index contributed by atoms with van der Waals surface area (Å²) in [6.45, 7) is 1.21. The Morgan fingerprint density at radius 1 is 1.00 bits per heavy atom. The molecule has 1 aliphatic rings. The number of benzene rings is 2. The minimum Gasteiger partial charge on any atom is -0.364 e. The summed E-state index contributed by atoms with van der Waals surface area (Å²) in [6, 6.07) is 19.0. The van der Waals surface area contributed by atoms with Gasteiger partial charge in [0.25, 0.3) is 5.91 Å². The van der Waals surface area contributed by atoms with Gasteiger partial charge in [0, 0.05) is 37.0 Å². The average Bonchev–Trinajstić information content (AvgIpc) is 3.10. The fourth-order valence-corrected chi connectivity index (χ4v) is 3.29. The lowest BCUT2D eigenvalue weighted by Crippen LogP contribution is -2.37. The van der Waals surface area contributed by atoms with Crippen LogP contribution in [-0.4, -0.2) is 28.1 Å². The SMILES string of the molecule is O=C(c1ccccc1)c1c[nH]c2c1C(=O)N(Cc1ccccc1)CC2. The van der Waals surface area contributed by atoms with E-state index >= 15 is 0 Å². The Hall–Kier alpha value is -3.14. The Kier molecular flexibility index (Phi) is 3.94. The minimum absolute atomic E-state index is 0.0781. The zero-order valence-corrected chi connectivity index (χ0v) is 13.7. The maximum Gasteiger partial charge on any atom is 0.256 e. The zero-order chi connectivity index (χ0) is 17.2. The van der Waals surface area contributed by atoms with E-state index in [-0.39, 0.29) is 11.7 Å². The van der Waals surface area contributed by atoms with Crippen LogP contribution in [0.25, 0.3) is 0 Å². The number of H-pyrrole nitrogens is 1. The third kappa shape index (κ3) is 2.87. The number of aromatic amines is 1. The number of carbonyl (C=O) groups is 2.